The maximum Gasteiger partial charge on any atom is 0.416 e. The molecule has 0 radical (unpaired) electrons. The fourth-order valence-electron chi connectivity index (χ4n) is 5.07. The Hall–Kier alpha value is -3.10. The van der Waals surface area contributed by atoms with Gasteiger partial charge in [-0.05, 0) is 52.2 Å². The molecular weight excluding hydrogens is 463 g/mol. The summed E-state index contributed by atoms with van der Waals surface area (Å²) in [4.78, 5) is 39.1. The van der Waals surface area contributed by atoms with E-state index in [4.69, 9.17) is 9.47 Å². The van der Waals surface area contributed by atoms with Gasteiger partial charge in [-0.25, -0.2) is 0 Å². The Morgan fingerprint density at radius 2 is 1.57 bits per heavy atom. The number of carbonyl (C=O) groups is 3. The van der Waals surface area contributed by atoms with Crippen molar-refractivity contribution in [2.45, 2.75) is 52.6 Å². The molecule has 6 nitrogen and oxygen atoms in total. The average molecular weight is 494 g/mol. The highest BCUT2D eigenvalue weighted by atomic mass is 19.4. The average Bonchev–Trinajstić information content (AvgIpc) is 3.24. The number of carbonyl (C=O) groups excluding carboxylic acids is 3. The highest BCUT2D eigenvalue weighted by Gasteiger charge is 2.48. The molecule has 1 aromatic rings. The Labute approximate surface area is 202 Å². The molecule has 1 saturated carbocycles. The fourth-order valence-corrected chi connectivity index (χ4v) is 5.07. The van der Waals surface area contributed by atoms with Crippen LogP contribution in [0.1, 0.15) is 57.6 Å². The van der Waals surface area contributed by atoms with Crippen molar-refractivity contribution in [2.75, 3.05) is 13.2 Å². The summed E-state index contributed by atoms with van der Waals surface area (Å²) in [5.74, 6) is -5.01. The highest BCUT2D eigenvalue weighted by Crippen LogP contribution is 2.45. The van der Waals surface area contributed by atoms with Crippen molar-refractivity contribution in [3.8, 4) is 0 Å². The molecule has 35 heavy (non-hydrogen) atoms. The number of hydrogen-bond acceptors (Lipinski definition) is 6. The van der Waals surface area contributed by atoms with Crippen molar-refractivity contribution in [2.24, 2.45) is 17.8 Å². The fraction of sp³-hybridized carbons (Fsp3) is 0.500. The molecular formula is C26H30F3NO5. The molecule has 1 fully saturated rings. The lowest BCUT2D eigenvalue weighted by Crippen LogP contribution is -2.33. The molecule has 3 rings (SSSR count). The van der Waals surface area contributed by atoms with E-state index in [2.05, 4.69) is 5.32 Å². The molecule has 190 valence electrons. The van der Waals surface area contributed by atoms with E-state index >= 15 is 0 Å². The van der Waals surface area contributed by atoms with Gasteiger partial charge in [0.1, 0.15) is 0 Å². The van der Waals surface area contributed by atoms with Crippen LogP contribution < -0.4 is 5.32 Å². The van der Waals surface area contributed by atoms with E-state index < -0.39 is 53.1 Å². The maximum atomic E-state index is 13.9. The van der Waals surface area contributed by atoms with E-state index in [-0.39, 0.29) is 37.2 Å². The van der Waals surface area contributed by atoms with E-state index in [0.29, 0.717) is 11.4 Å². The minimum Gasteiger partial charge on any atom is -0.466 e. The topological polar surface area (TPSA) is 81.7 Å². The Morgan fingerprint density at radius 1 is 0.971 bits per heavy atom. The number of allylic oxidation sites excluding steroid dienone is 4. The molecule has 1 aromatic carbocycles. The molecule has 0 bridgehead atoms. The molecule has 9 heteroatoms. The molecule has 0 amide bonds. The number of benzene rings is 1. The first kappa shape index (κ1) is 26.5. The van der Waals surface area contributed by atoms with Gasteiger partial charge >= 0.3 is 18.1 Å². The zero-order chi connectivity index (χ0) is 25.9. The summed E-state index contributed by atoms with van der Waals surface area (Å²) < 4.78 is 51.8. The summed E-state index contributed by atoms with van der Waals surface area (Å²) in [7, 11) is 0. The molecule has 1 N–H and O–H groups in total. The van der Waals surface area contributed by atoms with E-state index in [9.17, 15) is 27.6 Å². The number of alkyl halides is 3. The lowest BCUT2D eigenvalue weighted by molar-refractivity contribution is -0.151. The lowest BCUT2D eigenvalue weighted by Gasteiger charge is -2.30. The molecule has 0 saturated heterocycles. The summed E-state index contributed by atoms with van der Waals surface area (Å²) >= 11 is 0. The summed E-state index contributed by atoms with van der Waals surface area (Å²) in [5, 5.41) is 3.05. The van der Waals surface area contributed by atoms with Gasteiger partial charge in [-0.3, -0.25) is 14.4 Å². The summed E-state index contributed by atoms with van der Waals surface area (Å²) in [6.45, 7) is 6.91. The van der Waals surface area contributed by atoms with Crippen LogP contribution in [-0.4, -0.2) is 30.9 Å². The summed E-state index contributed by atoms with van der Waals surface area (Å²) in [6, 6.07) is 5.16. The minimum absolute atomic E-state index is 0.0452. The Bertz CT molecular complexity index is 1060. The number of ether oxygens (including phenoxy) is 2. The second-order valence-corrected chi connectivity index (χ2v) is 8.83. The largest absolute Gasteiger partial charge is 0.466 e. The van der Waals surface area contributed by atoms with Crippen molar-refractivity contribution >= 4 is 17.7 Å². The third kappa shape index (κ3) is 5.60. The van der Waals surface area contributed by atoms with Gasteiger partial charge in [-0.15, -0.1) is 0 Å². The first-order chi connectivity index (χ1) is 16.5. The van der Waals surface area contributed by atoms with Crippen LogP contribution in [0.4, 0.5) is 13.2 Å². The van der Waals surface area contributed by atoms with Crippen molar-refractivity contribution in [3.63, 3.8) is 0 Å². The normalized spacial score (nSPS) is 24.5. The monoisotopic (exact) mass is 493 g/mol. The number of halogens is 3. The van der Waals surface area contributed by atoms with Crippen LogP contribution in [0.3, 0.4) is 0 Å². The van der Waals surface area contributed by atoms with Crippen molar-refractivity contribution in [1.29, 1.82) is 0 Å². The first-order valence-corrected chi connectivity index (χ1v) is 11.7. The van der Waals surface area contributed by atoms with Gasteiger partial charge in [-0.2, -0.15) is 13.2 Å². The molecule has 0 aromatic heterocycles. The van der Waals surface area contributed by atoms with Crippen molar-refractivity contribution < 1.29 is 37.0 Å². The zero-order valence-electron chi connectivity index (χ0n) is 20.2. The number of Topliss-reactive ketones (excluding diaryl/α,β-unsaturated/α-hetero) is 1. The van der Waals surface area contributed by atoms with Crippen molar-refractivity contribution in [3.05, 3.63) is 58.4 Å². The predicted molar refractivity (Wildman–Crippen MR) is 122 cm³/mol. The van der Waals surface area contributed by atoms with Crippen LogP contribution in [0.25, 0.3) is 0 Å². The second-order valence-electron chi connectivity index (χ2n) is 8.83. The van der Waals surface area contributed by atoms with E-state index in [1.54, 1.807) is 33.8 Å². The van der Waals surface area contributed by atoms with E-state index in [1.807, 2.05) is 0 Å². The standard InChI is InChI=1S/C26H30F3NO5/c1-5-34-24(32)16-12-19(20(13-16)25(33)35-6-2)23(31)22-15(4)30-14(3)11-18(22)17-9-7-8-10-21(17)26(27,28)29/h7-11,16,18-20,30H,5-6,12-13H2,1-4H3. The number of ketones is 1. The van der Waals surface area contributed by atoms with Gasteiger partial charge in [-0.1, -0.05) is 24.3 Å². The lowest BCUT2D eigenvalue weighted by atomic mass is 9.77. The van der Waals surface area contributed by atoms with Crippen LogP contribution in [0.15, 0.2) is 47.3 Å². The molecule has 1 aliphatic heterocycles. The van der Waals surface area contributed by atoms with Gasteiger partial charge in [0.25, 0.3) is 0 Å². The minimum atomic E-state index is -4.61. The van der Waals surface area contributed by atoms with Crippen LogP contribution >= 0.6 is 0 Å². The number of esters is 2. The molecule has 4 atom stereocenters. The molecule has 0 spiro atoms. The summed E-state index contributed by atoms with van der Waals surface area (Å²) in [6.07, 6.45) is -2.87. The predicted octanol–water partition coefficient (Wildman–Crippen LogP) is 4.91. The van der Waals surface area contributed by atoms with Crippen LogP contribution in [0.2, 0.25) is 0 Å². The quantitative estimate of drug-likeness (QED) is 0.544. The van der Waals surface area contributed by atoms with Gasteiger partial charge in [0.05, 0.1) is 30.6 Å². The highest BCUT2D eigenvalue weighted by molar-refractivity contribution is 6.02. The number of hydrogen-bond donors (Lipinski definition) is 1. The Kier molecular flexibility index (Phi) is 8.07. The molecule has 1 aliphatic carbocycles. The van der Waals surface area contributed by atoms with E-state index in [1.165, 1.54) is 18.2 Å². The third-order valence-corrected chi connectivity index (χ3v) is 6.49. The van der Waals surface area contributed by atoms with Gasteiger partial charge < -0.3 is 14.8 Å². The molecule has 4 unspecified atom stereocenters. The number of dihydropyridines is 1. The Balaban J connectivity index is 2.05. The SMILES string of the molecule is CCOC(=O)C1CC(C(=O)OCC)C(C(=O)C2=C(C)NC(C)=CC2c2ccccc2C(F)(F)F)C1. The number of rotatable bonds is 7. The van der Waals surface area contributed by atoms with Gasteiger partial charge in [0.15, 0.2) is 5.78 Å². The summed E-state index contributed by atoms with van der Waals surface area (Å²) in [5.41, 5.74) is 0.303. The third-order valence-electron chi connectivity index (χ3n) is 6.49. The molecule has 1 heterocycles. The second kappa shape index (κ2) is 10.7. The van der Waals surface area contributed by atoms with Gasteiger partial charge in [0.2, 0.25) is 0 Å². The maximum absolute atomic E-state index is 13.9. The number of nitrogens with one attached hydrogen (secondary N) is 1. The van der Waals surface area contributed by atoms with Crippen LogP contribution in [-0.2, 0) is 30.0 Å². The Morgan fingerprint density at radius 3 is 2.20 bits per heavy atom. The van der Waals surface area contributed by atoms with Crippen LogP contribution in [0, 0.1) is 17.8 Å². The first-order valence-electron chi connectivity index (χ1n) is 11.7. The van der Waals surface area contributed by atoms with Gasteiger partial charge in [0, 0.05) is 28.8 Å². The van der Waals surface area contributed by atoms with Crippen LogP contribution in [0.5, 0.6) is 0 Å². The smallest absolute Gasteiger partial charge is 0.416 e. The van der Waals surface area contributed by atoms with Crippen molar-refractivity contribution in [1.82, 2.24) is 5.32 Å². The molecule has 2 aliphatic rings. The van der Waals surface area contributed by atoms with E-state index in [0.717, 1.165) is 6.07 Å². The zero-order valence-corrected chi connectivity index (χ0v) is 20.2.